The summed E-state index contributed by atoms with van der Waals surface area (Å²) in [6.45, 7) is 1.26. The Morgan fingerprint density at radius 2 is 2.23 bits per heavy atom. The summed E-state index contributed by atoms with van der Waals surface area (Å²) in [7, 11) is 0. The summed E-state index contributed by atoms with van der Waals surface area (Å²) in [6, 6.07) is 0. The zero-order valence-corrected chi connectivity index (χ0v) is 7.01. The number of hydroxylamine groups is 2. The van der Waals surface area contributed by atoms with Crippen LogP contribution in [0.3, 0.4) is 0 Å². The van der Waals surface area contributed by atoms with Gasteiger partial charge in [0.05, 0.1) is 18.7 Å². The van der Waals surface area contributed by atoms with E-state index in [1.807, 2.05) is 0 Å². The standard InChI is InChI=1S/C8H9N3O2/c12-8(11-2-1-3-13-11)7-4-9-6-10-5-7/h4-6H,1-3H2. The molecule has 0 unspecified atom stereocenters. The average Bonchev–Trinajstić information content (AvgIpc) is 2.71. The number of hydrogen-bond donors (Lipinski definition) is 0. The van der Waals surface area contributed by atoms with Crippen LogP contribution < -0.4 is 0 Å². The number of rotatable bonds is 1. The minimum Gasteiger partial charge on any atom is -0.271 e. The van der Waals surface area contributed by atoms with Crippen molar-refractivity contribution < 1.29 is 9.63 Å². The molecule has 0 N–H and O–H groups in total. The number of nitrogens with zero attached hydrogens (tertiary/aromatic N) is 3. The van der Waals surface area contributed by atoms with E-state index >= 15 is 0 Å². The fourth-order valence-electron chi connectivity index (χ4n) is 1.16. The Hall–Kier alpha value is -1.49. The lowest BCUT2D eigenvalue weighted by molar-refractivity contribution is -0.0768. The van der Waals surface area contributed by atoms with Crippen molar-refractivity contribution in [3.63, 3.8) is 0 Å². The first kappa shape index (κ1) is 8.12. The topological polar surface area (TPSA) is 55.3 Å². The second kappa shape index (κ2) is 3.49. The Labute approximate surface area is 75.3 Å². The zero-order chi connectivity index (χ0) is 9.10. The summed E-state index contributed by atoms with van der Waals surface area (Å²) in [5.41, 5.74) is 0.462. The molecule has 1 amide bonds. The second-order valence-corrected chi connectivity index (χ2v) is 2.72. The molecule has 0 bridgehead atoms. The van der Waals surface area contributed by atoms with Gasteiger partial charge in [0.2, 0.25) is 0 Å². The van der Waals surface area contributed by atoms with E-state index in [9.17, 15) is 4.79 Å². The van der Waals surface area contributed by atoms with Crippen molar-refractivity contribution >= 4 is 5.91 Å². The van der Waals surface area contributed by atoms with Crippen LogP contribution in [0.1, 0.15) is 16.8 Å². The zero-order valence-electron chi connectivity index (χ0n) is 7.01. The highest BCUT2D eigenvalue weighted by atomic mass is 16.7. The monoisotopic (exact) mass is 179 g/mol. The molecule has 0 aromatic carbocycles. The highest BCUT2D eigenvalue weighted by molar-refractivity contribution is 5.92. The van der Waals surface area contributed by atoms with E-state index in [0.29, 0.717) is 18.7 Å². The molecule has 0 atom stereocenters. The fourth-order valence-corrected chi connectivity index (χ4v) is 1.16. The summed E-state index contributed by atoms with van der Waals surface area (Å²) < 4.78 is 0. The van der Waals surface area contributed by atoms with Gasteiger partial charge < -0.3 is 0 Å². The molecular formula is C8H9N3O2. The van der Waals surface area contributed by atoms with Crippen LogP contribution in [0.25, 0.3) is 0 Å². The van der Waals surface area contributed by atoms with E-state index in [-0.39, 0.29) is 5.91 Å². The minimum atomic E-state index is -0.168. The molecule has 1 aromatic heterocycles. The number of hydrogen-bond acceptors (Lipinski definition) is 4. The van der Waals surface area contributed by atoms with Crippen molar-refractivity contribution in [1.82, 2.24) is 15.0 Å². The molecule has 13 heavy (non-hydrogen) atoms. The molecule has 1 aromatic rings. The van der Waals surface area contributed by atoms with Crippen LogP contribution in [0, 0.1) is 0 Å². The molecule has 0 radical (unpaired) electrons. The van der Waals surface area contributed by atoms with Gasteiger partial charge in [0.15, 0.2) is 0 Å². The third kappa shape index (κ3) is 1.65. The molecule has 5 heteroatoms. The van der Waals surface area contributed by atoms with Crippen LogP contribution in [-0.4, -0.2) is 34.1 Å². The van der Waals surface area contributed by atoms with Gasteiger partial charge in [0.1, 0.15) is 6.33 Å². The van der Waals surface area contributed by atoms with Crippen LogP contribution in [0.2, 0.25) is 0 Å². The highest BCUT2D eigenvalue weighted by Crippen LogP contribution is 2.08. The minimum absolute atomic E-state index is 0.168. The van der Waals surface area contributed by atoms with E-state index in [1.54, 1.807) is 0 Å². The average molecular weight is 179 g/mol. The molecule has 0 saturated carbocycles. The Morgan fingerprint density at radius 1 is 1.46 bits per heavy atom. The third-order valence-electron chi connectivity index (χ3n) is 1.79. The van der Waals surface area contributed by atoms with E-state index in [1.165, 1.54) is 23.8 Å². The number of carbonyl (C=O) groups is 1. The third-order valence-corrected chi connectivity index (χ3v) is 1.79. The maximum Gasteiger partial charge on any atom is 0.280 e. The van der Waals surface area contributed by atoms with Gasteiger partial charge in [0.25, 0.3) is 5.91 Å². The summed E-state index contributed by atoms with van der Waals surface area (Å²) in [5.74, 6) is -0.168. The Kier molecular flexibility index (Phi) is 2.18. The van der Waals surface area contributed by atoms with Gasteiger partial charge in [-0.15, -0.1) is 0 Å². The largest absolute Gasteiger partial charge is 0.280 e. The number of carbonyl (C=O) groups excluding carboxylic acids is 1. The van der Waals surface area contributed by atoms with Gasteiger partial charge in [-0.25, -0.2) is 15.0 Å². The molecule has 1 fully saturated rings. The van der Waals surface area contributed by atoms with E-state index in [0.717, 1.165) is 6.42 Å². The van der Waals surface area contributed by atoms with Gasteiger partial charge in [0, 0.05) is 12.4 Å². The van der Waals surface area contributed by atoms with E-state index < -0.39 is 0 Å². The normalized spacial score (nSPS) is 16.2. The molecule has 2 heterocycles. The maximum absolute atomic E-state index is 11.6. The summed E-state index contributed by atoms with van der Waals surface area (Å²) >= 11 is 0. The first-order valence-corrected chi connectivity index (χ1v) is 4.08. The van der Waals surface area contributed by atoms with Crippen molar-refractivity contribution in [2.75, 3.05) is 13.2 Å². The van der Waals surface area contributed by atoms with Gasteiger partial charge in [-0.2, -0.15) is 0 Å². The molecule has 5 nitrogen and oxygen atoms in total. The van der Waals surface area contributed by atoms with Crippen LogP contribution in [-0.2, 0) is 4.84 Å². The smallest absolute Gasteiger partial charge is 0.271 e. The van der Waals surface area contributed by atoms with Crippen molar-refractivity contribution in [3.05, 3.63) is 24.3 Å². The Morgan fingerprint density at radius 3 is 2.85 bits per heavy atom. The first-order chi connectivity index (χ1) is 6.38. The van der Waals surface area contributed by atoms with Crippen molar-refractivity contribution in [2.24, 2.45) is 0 Å². The van der Waals surface area contributed by atoms with E-state index in [4.69, 9.17) is 4.84 Å². The lowest BCUT2D eigenvalue weighted by Crippen LogP contribution is -2.26. The Bertz CT molecular complexity index is 296. The Balaban J connectivity index is 2.13. The maximum atomic E-state index is 11.6. The lowest BCUT2D eigenvalue weighted by atomic mass is 10.3. The van der Waals surface area contributed by atoms with Crippen LogP contribution in [0.5, 0.6) is 0 Å². The molecule has 1 aliphatic heterocycles. The molecule has 0 aliphatic carbocycles. The molecule has 1 saturated heterocycles. The van der Waals surface area contributed by atoms with Crippen LogP contribution in [0.4, 0.5) is 0 Å². The van der Waals surface area contributed by atoms with Gasteiger partial charge in [-0.05, 0) is 6.42 Å². The van der Waals surface area contributed by atoms with E-state index in [2.05, 4.69) is 9.97 Å². The lowest BCUT2D eigenvalue weighted by Gasteiger charge is -2.12. The highest BCUT2D eigenvalue weighted by Gasteiger charge is 2.20. The first-order valence-electron chi connectivity index (χ1n) is 4.08. The summed E-state index contributed by atoms with van der Waals surface area (Å²) in [5, 5.41) is 1.35. The van der Waals surface area contributed by atoms with Gasteiger partial charge in [-0.3, -0.25) is 9.63 Å². The molecule has 68 valence electrons. The van der Waals surface area contributed by atoms with Crippen LogP contribution >= 0.6 is 0 Å². The second-order valence-electron chi connectivity index (χ2n) is 2.72. The summed E-state index contributed by atoms with van der Waals surface area (Å²) in [4.78, 5) is 24.2. The number of amides is 1. The molecule has 2 rings (SSSR count). The molecule has 0 spiro atoms. The van der Waals surface area contributed by atoms with Gasteiger partial charge >= 0.3 is 0 Å². The quantitative estimate of drug-likeness (QED) is 0.620. The fraction of sp³-hybridized carbons (Fsp3) is 0.375. The van der Waals surface area contributed by atoms with Crippen molar-refractivity contribution in [1.29, 1.82) is 0 Å². The van der Waals surface area contributed by atoms with Crippen LogP contribution in [0.15, 0.2) is 18.7 Å². The number of aromatic nitrogens is 2. The van der Waals surface area contributed by atoms with Gasteiger partial charge in [-0.1, -0.05) is 0 Å². The molecular weight excluding hydrogens is 170 g/mol. The summed E-state index contributed by atoms with van der Waals surface area (Å²) in [6.07, 6.45) is 5.25. The van der Waals surface area contributed by atoms with Crippen molar-refractivity contribution in [2.45, 2.75) is 6.42 Å². The molecule has 1 aliphatic rings. The predicted molar refractivity (Wildman–Crippen MR) is 43.6 cm³/mol. The SMILES string of the molecule is O=C(c1cncnc1)N1CCCO1. The van der Waals surface area contributed by atoms with Crippen molar-refractivity contribution in [3.8, 4) is 0 Å². The predicted octanol–water partition coefficient (Wildman–Crippen LogP) is 0.254.